The molecule has 27 heavy (non-hydrogen) atoms. The van der Waals surface area contributed by atoms with Gasteiger partial charge in [0.1, 0.15) is 5.75 Å². The van der Waals surface area contributed by atoms with Gasteiger partial charge in [-0.05, 0) is 60.7 Å². The van der Waals surface area contributed by atoms with Gasteiger partial charge in [-0.3, -0.25) is 10.1 Å². The molecule has 0 radical (unpaired) electrons. The number of carbonyl (C=O) groups is 1. The molecule has 0 unspecified atom stereocenters. The monoisotopic (exact) mass is 373 g/mol. The second kappa shape index (κ2) is 8.61. The first-order chi connectivity index (χ1) is 13.2. The quantitative estimate of drug-likeness (QED) is 0.660. The molecule has 0 spiro atoms. The van der Waals surface area contributed by atoms with Crippen molar-refractivity contribution in [3.05, 3.63) is 90.0 Å². The number of thiocarbonyl (C=S) groups is 1. The van der Waals surface area contributed by atoms with E-state index in [1.807, 2.05) is 18.2 Å². The molecule has 132 valence electrons. The Morgan fingerprint density at radius 2 is 1.59 bits per heavy atom. The zero-order chi connectivity index (χ0) is 19.1. The van der Waals surface area contributed by atoms with E-state index in [-0.39, 0.29) is 11.0 Å². The maximum Gasteiger partial charge on any atom is 0.257 e. The van der Waals surface area contributed by atoms with Crippen LogP contribution in [0.15, 0.2) is 78.9 Å². The van der Waals surface area contributed by atoms with Crippen LogP contribution >= 0.6 is 12.2 Å². The Morgan fingerprint density at radius 3 is 2.30 bits per heavy atom. The van der Waals surface area contributed by atoms with Crippen LogP contribution in [-0.2, 0) is 0 Å². The molecule has 0 aliphatic carbocycles. The maximum absolute atomic E-state index is 12.2. The molecule has 3 rings (SSSR count). The lowest BCUT2D eigenvalue weighted by molar-refractivity contribution is 0.0977. The number of hydrogen-bond acceptors (Lipinski definition) is 4. The lowest BCUT2D eigenvalue weighted by Crippen LogP contribution is -2.34. The number of rotatable bonds is 4. The first kappa shape index (κ1) is 18.1. The highest BCUT2D eigenvalue weighted by atomic mass is 32.1. The normalized spacial score (nSPS) is 9.74. The van der Waals surface area contributed by atoms with Gasteiger partial charge in [0.05, 0.1) is 17.3 Å². The van der Waals surface area contributed by atoms with Crippen LogP contribution in [-0.4, -0.2) is 11.0 Å². The third-order valence-electron chi connectivity index (χ3n) is 3.61. The van der Waals surface area contributed by atoms with Crippen molar-refractivity contribution in [1.29, 1.82) is 5.26 Å². The van der Waals surface area contributed by atoms with E-state index in [2.05, 4.69) is 16.7 Å². The predicted octanol–water partition coefficient (Wildman–Crippen LogP) is 4.48. The van der Waals surface area contributed by atoms with Gasteiger partial charge in [-0.1, -0.05) is 30.3 Å². The average molecular weight is 373 g/mol. The third-order valence-corrected chi connectivity index (χ3v) is 3.81. The minimum Gasteiger partial charge on any atom is -0.455 e. The number of nitrogens with zero attached hydrogens (tertiary/aromatic N) is 1. The Labute approximate surface area is 162 Å². The van der Waals surface area contributed by atoms with Crippen LogP contribution in [0.2, 0.25) is 0 Å². The van der Waals surface area contributed by atoms with Crippen molar-refractivity contribution in [1.82, 2.24) is 5.32 Å². The molecule has 0 saturated carbocycles. The fraction of sp³-hybridized carbons (Fsp3) is 0. The molecule has 0 aliphatic heterocycles. The molecule has 5 nitrogen and oxygen atoms in total. The van der Waals surface area contributed by atoms with Gasteiger partial charge in [0.25, 0.3) is 5.91 Å². The maximum atomic E-state index is 12.2. The summed E-state index contributed by atoms with van der Waals surface area (Å²) in [6.45, 7) is 0. The molecule has 2 N–H and O–H groups in total. The Balaban J connectivity index is 1.69. The minimum absolute atomic E-state index is 0.166. The van der Waals surface area contributed by atoms with Crippen molar-refractivity contribution in [2.75, 3.05) is 5.32 Å². The average Bonchev–Trinajstić information content (AvgIpc) is 2.70. The molecular formula is C21H15N3O2S. The van der Waals surface area contributed by atoms with Gasteiger partial charge in [-0.25, -0.2) is 0 Å². The van der Waals surface area contributed by atoms with E-state index >= 15 is 0 Å². The molecule has 3 aromatic rings. The van der Waals surface area contributed by atoms with Gasteiger partial charge in [0.15, 0.2) is 10.9 Å². The minimum atomic E-state index is -0.293. The van der Waals surface area contributed by atoms with Crippen molar-refractivity contribution < 1.29 is 9.53 Å². The fourth-order valence-electron chi connectivity index (χ4n) is 2.30. The van der Waals surface area contributed by atoms with Crippen molar-refractivity contribution in [3.63, 3.8) is 0 Å². The third kappa shape index (κ3) is 4.91. The van der Waals surface area contributed by atoms with Crippen molar-refractivity contribution in [2.24, 2.45) is 0 Å². The van der Waals surface area contributed by atoms with Gasteiger partial charge in [0, 0.05) is 5.56 Å². The number of benzene rings is 3. The number of nitrogens with one attached hydrogen (secondary N) is 2. The van der Waals surface area contributed by atoms with Gasteiger partial charge >= 0.3 is 0 Å². The summed E-state index contributed by atoms with van der Waals surface area (Å²) in [6, 6.07) is 24.9. The molecular weight excluding hydrogens is 358 g/mol. The summed E-state index contributed by atoms with van der Waals surface area (Å²) in [5.41, 5.74) is 1.68. The molecule has 0 heterocycles. The standard InChI is InChI=1S/C21H15N3O2S/c22-14-15-10-12-17(13-11-15)26-19-9-5-4-8-18(19)23-21(27)24-20(25)16-6-2-1-3-7-16/h1-13H,(H2,23,24,25,27). The topological polar surface area (TPSA) is 74.2 Å². The molecule has 0 saturated heterocycles. The number of ether oxygens (including phenoxy) is 1. The Morgan fingerprint density at radius 1 is 0.926 bits per heavy atom. The van der Waals surface area contributed by atoms with Crippen LogP contribution in [0.25, 0.3) is 0 Å². The highest BCUT2D eigenvalue weighted by molar-refractivity contribution is 7.80. The lowest BCUT2D eigenvalue weighted by Gasteiger charge is -2.14. The smallest absolute Gasteiger partial charge is 0.257 e. The van der Waals surface area contributed by atoms with E-state index < -0.39 is 0 Å². The SMILES string of the molecule is N#Cc1ccc(Oc2ccccc2NC(=S)NC(=O)c2ccccc2)cc1. The number of carbonyl (C=O) groups excluding carboxylic acids is 1. The van der Waals surface area contributed by atoms with Crippen LogP contribution in [0.1, 0.15) is 15.9 Å². The van der Waals surface area contributed by atoms with E-state index in [0.29, 0.717) is 28.3 Å². The highest BCUT2D eigenvalue weighted by Gasteiger charge is 2.10. The molecule has 0 fully saturated rings. The van der Waals surface area contributed by atoms with Crippen LogP contribution in [0.4, 0.5) is 5.69 Å². The van der Waals surface area contributed by atoms with Crippen molar-refractivity contribution in [3.8, 4) is 17.6 Å². The second-order valence-electron chi connectivity index (χ2n) is 5.51. The number of anilines is 1. The number of hydrogen-bond donors (Lipinski definition) is 2. The van der Waals surface area contributed by atoms with Gasteiger partial charge < -0.3 is 10.1 Å². The van der Waals surface area contributed by atoms with Crippen LogP contribution in [0.3, 0.4) is 0 Å². The molecule has 0 bridgehead atoms. The molecule has 3 aromatic carbocycles. The summed E-state index contributed by atoms with van der Waals surface area (Å²) in [6.07, 6.45) is 0. The van der Waals surface area contributed by atoms with Gasteiger partial charge in [-0.2, -0.15) is 5.26 Å². The first-order valence-electron chi connectivity index (χ1n) is 8.10. The van der Waals surface area contributed by atoms with Crippen LogP contribution < -0.4 is 15.4 Å². The van der Waals surface area contributed by atoms with Crippen LogP contribution in [0.5, 0.6) is 11.5 Å². The predicted molar refractivity (Wildman–Crippen MR) is 108 cm³/mol. The molecule has 0 atom stereocenters. The Hall–Kier alpha value is -3.69. The van der Waals surface area contributed by atoms with E-state index in [9.17, 15) is 4.79 Å². The molecule has 1 amide bonds. The summed E-state index contributed by atoms with van der Waals surface area (Å²) in [5, 5.41) is 14.6. The largest absolute Gasteiger partial charge is 0.455 e. The highest BCUT2D eigenvalue weighted by Crippen LogP contribution is 2.29. The van der Waals surface area contributed by atoms with E-state index in [4.69, 9.17) is 22.2 Å². The van der Waals surface area contributed by atoms with E-state index in [0.717, 1.165) is 0 Å². The van der Waals surface area contributed by atoms with Gasteiger partial charge in [0.2, 0.25) is 0 Å². The zero-order valence-corrected chi connectivity index (χ0v) is 15.0. The summed E-state index contributed by atoms with van der Waals surface area (Å²) in [7, 11) is 0. The summed E-state index contributed by atoms with van der Waals surface area (Å²) >= 11 is 5.23. The summed E-state index contributed by atoms with van der Waals surface area (Å²) < 4.78 is 5.86. The molecule has 0 aliphatic rings. The fourth-order valence-corrected chi connectivity index (χ4v) is 2.50. The second-order valence-corrected chi connectivity index (χ2v) is 5.92. The summed E-state index contributed by atoms with van der Waals surface area (Å²) in [5.74, 6) is 0.833. The van der Waals surface area contributed by atoms with Crippen LogP contribution in [0, 0.1) is 11.3 Å². The number of amides is 1. The van der Waals surface area contributed by atoms with Crippen molar-refractivity contribution >= 4 is 28.9 Å². The number of nitriles is 1. The zero-order valence-electron chi connectivity index (χ0n) is 14.2. The Bertz CT molecular complexity index is 996. The molecule has 6 heteroatoms. The lowest BCUT2D eigenvalue weighted by atomic mass is 10.2. The van der Waals surface area contributed by atoms with Crippen molar-refractivity contribution in [2.45, 2.75) is 0 Å². The number of para-hydroxylation sites is 2. The Kier molecular flexibility index (Phi) is 5.77. The van der Waals surface area contributed by atoms with Gasteiger partial charge in [-0.15, -0.1) is 0 Å². The summed E-state index contributed by atoms with van der Waals surface area (Å²) in [4.78, 5) is 12.2. The van der Waals surface area contributed by atoms with E-state index in [1.165, 1.54) is 0 Å². The first-order valence-corrected chi connectivity index (χ1v) is 8.51. The van der Waals surface area contributed by atoms with E-state index in [1.54, 1.807) is 60.7 Å². The molecule has 0 aromatic heterocycles.